The van der Waals surface area contributed by atoms with Crippen molar-refractivity contribution in [1.82, 2.24) is 0 Å². The Bertz CT molecular complexity index is 1150. The maximum atomic E-state index is 12.3. The number of aliphatic hydroxyl groups excluding tert-OH is 3. The molecule has 9 heteroatoms. The van der Waals surface area contributed by atoms with E-state index in [1.54, 1.807) is 14.0 Å². The normalized spacial score (nSPS) is 46.0. The summed E-state index contributed by atoms with van der Waals surface area (Å²) < 4.78 is 18.6. The van der Waals surface area contributed by atoms with E-state index in [0.717, 1.165) is 36.8 Å². The number of hydrogen-bond donors (Lipinski definition) is 5. The fraction of sp³-hybridized carbons (Fsp3) is 0.865. The second-order valence-corrected chi connectivity index (χ2v) is 16.6. The van der Waals surface area contributed by atoms with Gasteiger partial charge in [0.15, 0.2) is 6.29 Å². The molecular formula is C37H62O9. The number of hydrogen-bond acceptors (Lipinski definition) is 8. The molecule has 0 aromatic heterocycles. The largest absolute Gasteiger partial charge is 0.481 e. The predicted molar refractivity (Wildman–Crippen MR) is 176 cm³/mol. The number of fused-ring (bicyclic) bond motifs is 3. The molecule has 5 N–H and O–H groups in total. The van der Waals surface area contributed by atoms with Crippen LogP contribution in [0, 0.1) is 39.9 Å². The lowest BCUT2D eigenvalue weighted by atomic mass is 9.37. The SMILES string of the molecule is C=C(C)C1CCC2(C)C(CC(OC3OC(C)C(O)C(O)C3O)C3C(C(C)(O)CC(C=C(C)C)OC)CCC32C)C1(C)CCC(=O)O. The van der Waals surface area contributed by atoms with Gasteiger partial charge in [0, 0.05) is 20.0 Å². The molecule has 4 aliphatic rings. The number of aliphatic hydroxyl groups is 4. The van der Waals surface area contributed by atoms with Crippen LogP contribution in [0.5, 0.6) is 0 Å². The molecule has 3 aliphatic carbocycles. The van der Waals surface area contributed by atoms with Gasteiger partial charge in [-0.25, -0.2) is 0 Å². The number of allylic oxidation sites excluding steroid dienone is 2. The highest BCUT2D eigenvalue weighted by molar-refractivity contribution is 5.66. The molecular weight excluding hydrogens is 588 g/mol. The first-order valence-corrected chi connectivity index (χ1v) is 17.4. The van der Waals surface area contributed by atoms with Crippen molar-refractivity contribution in [3.63, 3.8) is 0 Å². The maximum Gasteiger partial charge on any atom is 0.303 e. The lowest BCUT2D eigenvalue weighted by Crippen LogP contribution is -2.65. The minimum absolute atomic E-state index is 0.0602. The molecule has 4 rings (SSSR count). The molecule has 1 saturated heterocycles. The van der Waals surface area contributed by atoms with Crippen LogP contribution in [0.15, 0.2) is 23.8 Å². The Morgan fingerprint density at radius 3 is 2.26 bits per heavy atom. The van der Waals surface area contributed by atoms with Crippen molar-refractivity contribution in [3.05, 3.63) is 23.8 Å². The van der Waals surface area contributed by atoms with Crippen LogP contribution >= 0.6 is 0 Å². The highest BCUT2D eigenvalue weighted by Gasteiger charge is 2.70. The summed E-state index contributed by atoms with van der Waals surface area (Å²) in [5.41, 5.74) is 0.234. The third-order valence-corrected chi connectivity index (χ3v) is 13.5. The Morgan fingerprint density at radius 2 is 1.70 bits per heavy atom. The van der Waals surface area contributed by atoms with Gasteiger partial charge in [-0.15, -0.1) is 0 Å². The van der Waals surface area contributed by atoms with Crippen LogP contribution in [-0.4, -0.2) is 87.1 Å². The number of carboxylic acid groups (broad SMARTS) is 1. The molecule has 0 amide bonds. The number of ether oxygens (including phenoxy) is 3. The van der Waals surface area contributed by atoms with Crippen molar-refractivity contribution in [1.29, 1.82) is 0 Å². The van der Waals surface area contributed by atoms with E-state index < -0.39 is 48.4 Å². The molecule has 9 nitrogen and oxygen atoms in total. The second-order valence-electron chi connectivity index (χ2n) is 16.6. The van der Waals surface area contributed by atoms with Crippen molar-refractivity contribution in [3.8, 4) is 0 Å². The molecule has 4 fully saturated rings. The highest BCUT2D eigenvalue weighted by Crippen LogP contribution is 2.74. The number of carboxylic acids is 1. The maximum absolute atomic E-state index is 12.3. The summed E-state index contributed by atoms with van der Waals surface area (Å²) in [5.74, 6) is -0.876. The van der Waals surface area contributed by atoms with Crippen LogP contribution in [0.25, 0.3) is 0 Å². The molecule has 0 aromatic rings. The Morgan fingerprint density at radius 1 is 1.07 bits per heavy atom. The summed E-state index contributed by atoms with van der Waals surface area (Å²) in [6.07, 6.45) is 0.381. The van der Waals surface area contributed by atoms with Gasteiger partial charge in [0.05, 0.1) is 23.9 Å². The minimum atomic E-state index is -1.45. The van der Waals surface area contributed by atoms with Gasteiger partial charge in [0.25, 0.3) is 0 Å². The number of rotatable bonds is 11. The Labute approximate surface area is 276 Å². The van der Waals surface area contributed by atoms with E-state index in [2.05, 4.69) is 34.3 Å². The monoisotopic (exact) mass is 650 g/mol. The van der Waals surface area contributed by atoms with Crippen molar-refractivity contribution in [2.45, 2.75) is 155 Å². The molecule has 46 heavy (non-hydrogen) atoms. The van der Waals surface area contributed by atoms with Crippen LogP contribution in [0.4, 0.5) is 0 Å². The van der Waals surface area contributed by atoms with Crippen molar-refractivity contribution >= 4 is 5.97 Å². The minimum Gasteiger partial charge on any atom is -0.481 e. The zero-order chi connectivity index (χ0) is 34.6. The molecule has 1 aliphatic heterocycles. The summed E-state index contributed by atoms with van der Waals surface area (Å²) in [5, 5.41) is 54.3. The molecule has 0 aromatic carbocycles. The summed E-state index contributed by atoms with van der Waals surface area (Å²) in [4.78, 5) is 12.0. The lowest BCUT2D eigenvalue weighted by Gasteiger charge is -2.68. The van der Waals surface area contributed by atoms with Gasteiger partial charge in [-0.05, 0) is 113 Å². The fourth-order valence-corrected chi connectivity index (χ4v) is 10.9. The highest BCUT2D eigenvalue weighted by atomic mass is 16.7. The van der Waals surface area contributed by atoms with E-state index >= 15 is 0 Å². The van der Waals surface area contributed by atoms with Gasteiger partial charge in [0.2, 0.25) is 0 Å². The van der Waals surface area contributed by atoms with Gasteiger partial charge >= 0.3 is 5.97 Å². The van der Waals surface area contributed by atoms with Gasteiger partial charge in [0.1, 0.15) is 18.3 Å². The smallest absolute Gasteiger partial charge is 0.303 e. The quantitative estimate of drug-likeness (QED) is 0.150. The molecule has 0 bridgehead atoms. The molecule has 0 spiro atoms. The van der Waals surface area contributed by atoms with E-state index in [9.17, 15) is 30.3 Å². The lowest BCUT2D eigenvalue weighted by molar-refractivity contribution is -0.327. The third-order valence-electron chi connectivity index (χ3n) is 13.5. The van der Waals surface area contributed by atoms with Crippen molar-refractivity contribution in [2.24, 2.45) is 39.9 Å². The van der Waals surface area contributed by atoms with E-state index in [0.29, 0.717) is 19.3 Å². The molecule has 15 atom stereocenters. The zero-order valence-electron chi connectivity index (χ0n) is 29.7. The second kappa shape index (κ2) is 13.5. The van der Waals surface area contributed by atoms with Crippen LogP contribution < -0.4 is 0 Å². The average Bonchev–Trinajstić information content (AvgIpc) is 3.34. The summed E-state index contributed by atoms with van der Waals surface area (Å²) in [6, 6.07) is 0. The van der Waals surface area contributed by atoms with E-state index in [4.69, 9.17) is 14.2 Å². The molecule has 0 radical (unpaired) electrons. The first-order chi connectivity index (χ1) is 21.2. The van der Waals surface area contributed by atoms with E-state index in [1.165, 1.54) is 0 Å². The van der Waals surface area contributed by atoms with E-state index in [1.807, 2.05) is 26.8 Å². The Kier molecular flexibility index (Phi) is 11.0. The van der Waals surface area contributed by atoms with Crippen molar-refractivity contribution < 1.29 is 44.5 Å². The topological polar surface area (TPSA) is 146 Å². The van der Waals surface area contributed by atoms with E-state index in [-0.39, 0.29) is 52.4 Å². The van der Waals surface area contributed by atoms with Crippen LogP contribution in [-0.2, 0) is 19.0 Å². The summed E-state index contributed by atoms with van der Waals surface area (Å²) in [6.45, 7) is 20.9. The van der Waals surface area contributed by atoms with Crippen molar-refractivity contribution in [2.75, 3.05) is 7.11 Å². The predicted octanol–water partition coefficient (Wildman–Crippen LogP) is 5.24. The van der Waals surface area contributed by atoms with Crippen LogP contribution in [0.2, 0.25) is 0 Å². The first-order valence-electron chi connectivity index (χ1n) is 17.4. The fourth-order valence-electron chi connectivity index (χ4n) is 10.9. The summed E-state index contributed by atoms with van der Waals surface area (Å²) in [7, 11) is 1.66. The molecule has 264 valence electrons. The molecule has 1 heterocycles. The Balaban J connectivity index is 1.82. The number of carbonyl (C=O) groups is 1. The standard InChI is InChI=1S/C37H62O9/c1-20(2)17-23(44-10)19-37(9,43)25-12-16-36(8)29(25)26(46-33-32(42)31(41)30(40)22(5)45-33)18-27-34(6,14-13-28(38)39)24(21(3)4)11-15-35(27,36)7/h17,22-27,29-33,40-43H,3,11-16,18-19H2,1-2,4-10H3,(H,38,39). The average molecular weight is 651 g/mol. The van der Waals surface area contributed by atoms with Gasteiger partial charge in [-0.1, -0.05) is 44.6 Å². The van der Waals surface area contributed by atoms with Crippen LogP contribution in [0.3, 0.4) is 0 Å². The molecule has 3 saturated carbocycles. The first kappa shape index (κ1) is 37.5. The summed E-state index contributed by atoms with van der Waals surface area (Å²) >= 11 is 0. The molecule has 15 unspecified atom stereocenters. The third kappa shape index (κ3) is 6.51. The number of aliphatic carboxylic acids is 1. The van der Waals surface area contributed by atoms with Gasteiger partial charge in [-0.2, -0.15) is 0 Å². The van der Waals surface area contributed by atoms with Crippen LogP contribution in [0.1, 0.15) is 107 Å². The Hall–Kier alpha value is -1.33. The van der Waals surface area contributed by atoms with Gasteiger partial charge in [-0.3, -0.25) is 4.79 Å². The zero-order valence-corrected chi connectivity index (χ0v) is 29.7. The van der Waals surface area contributed by atoms with Gasteiger partial charge < -0.3 is 39.7 Å². The number of methoxy groups -OCH3 is 1.